The lowest BCUT2D eigenvalue weighted by Gasteiger charge is -2.43. The molecule has 1 saturated heterocycles. The number of hydrogen-bond acceptors (Lipinski definition) is 5. The van der Waals surface area contributed by atoms with Gasteiger partial charge in [-0.2, -0.15) is 0 Å². The van der Waals surface area contributed by atoms with E-state index in [1.165, 1.54) is 5.56 Å². The molecule has 1 fully saturated rings. The summed E-state index contributed by atoms with van der Waals surface area (Å²) in [4.78, 5) is 15.3. The molecule has 36 heavy (non-hydrogen) atoms. The quantitative estimate of drug-likeness (QED) is 0.462. The zero-order valence-electron chi connectivity index (χ0n) is 22.3. The third-order valence-electron chi connectivity index (χ3n) is 7.84. The summed E-state index contributed by atoms with van der Waals surface area (Å²) in [6.07, 6.45) is 2.81. The summed E-state index contributed by atoms with van der Waals surface area (Å²) < 4.78 is 6.15. The first-order valence-corrected chi connectivity index (χ1v) is 13.6. The highest BCUT2D eigenvalue weighted by Crippen LogP contribution is 2.40. The van der Waals surface area contributed by atoms with Crippen molar-refractivity contribution in [3.05, 3.63) is 65.2 Å². The summed E-state index contributed by atoms with van der Waals surface area (Å²) >= 11 is 0. The molecular formula is C30H43N3O3. The van der Waals surface area contributed by atoms with Crippen molar-refractivity contribution < 1.29 is 14.6 Å². The van der Waals surface area contributed by atoms with Crippen LogP contribution in [0.4, 0.5) is 0 Å². The normalized spacial score (nSPS) is 23.3. The monoisotopic (exact) mass is 493 g/mol. The number of likely N-dealkylation sites (tertiary alicyclic amines) is 1. The van der Waals surface area contributed by atoms with E-state index in [1.807, 2.05) is 38.1 Å². The zero-order chi connectivity index (χ0) is 25.7. The minimum absolute atomic E-state index is 0.0423. The van der Waals surface area contributed by atoms with Gasteiger partial charge in [0.15, 0.2) is 0 Å². The van der Waals surface area contributed by atoms with Gasteiger partial charge in [0.1, 0.15) is 17.5 Å². The molecule has 0 bridgehead atoms. The maximum absolute atomic E-state index is 12.9. The summed E-state index contributed by atoms with van der Waals surface area (Å²) in [5.41, 5.74) is 2.49. The fraction of sp³-hybridized carbons (Fsp3) is 0.567. The van der Waals surface area contributed by atoms with E-state index in [9.17, 15) is 9.90 Å². The van der Waals surface area contributed by atoms with Gasteiger partial charge in [-0.3, -0.25) is 9.69 Å². The number of hydrogen-bond donors (Lipinski definition) is 3. The van der Waals surface area contributed by atoms with Crippen molar-refractivity contribution in [2.45, 2.75) is 83.7 Å². The van der Waals surface area contributed by atoms with Crippen LogP contribution in [0.25, 0.3) is 0 Å². The lowest BCUT2D eigenvalue weighted by molar-refractivity contribution is -0.121. The van der Waals surface area contributed by atoms with Crippen LogP contribution in [-0.4, -0.2) is 53.3 Å². The molecule has 0 spiro atoms. The minimum atomic E-state index is -0.689. The second kappa shape index (κ2) is 11.8. The highest BCUT2D eigenvalue weighted by Gasteiger charge is 2.43. The highest BCUT2D eigenvalue weighted by atomic mass is 16.5. The Morgan fingerprint density at radius 2 is 1.89 bits per heavy atom. The number of fused-ring (bicyclic) bond motifs is 1. The van der Waals surface area contributed by atoms with Gasteiger partial charge in [-0.05, 0) is 56.0 Å². The highest BCUT2D eigenvalue weighted by molar-refractivity contribution is 5.79. The molecule has 4 rings (SSSR count). The smallest absolute Gasteiger partial charge is 0.224 e. The van der Waals surface area contributed by atoms with Crippen LogP contribution in [0.1, 0.15) is 69.7 Å². The van der Waals surface area contributed by atoms with E-state index in [0.717, 1.165) is 62.3 Å². The number of carbonyl (C=O) groups is 1. The van der Waals surface area contributed by atoms with E-state index >= 15 is 0 Å². The number of nitrogens with zero attached hydrogens (tertiary/aromatic N) is 1. The van der Waals surface area contributed by atoms with E-state index in [2.05, 4.69) is 53.6 Å². The van der Waals surface area contributed by atoms with Gasteiger partial charge in [0.05, 0.1) is 12.5 Å². The molecule has 2 aliphatic heterocycles. The number of aliphatic hydroxyl groups excluding tert-OH is 1. The Bertz CT molecular complexity index is 1010. The van der Waals surface area contributed by atoms with Crippen molar-refractivity contribution in [2.24, 2.45) is 5.92 Å². The minimum Gasteiger partial charge on any atom is -0.485 e. The maximum atomic E-state index is 12.9. The predicted octanol–water partition coefficient (Wildman–Crippen LogP) is 4.22. The second-order valence-corrected chi connectivity index (χ2v) is 11.0. The third kappa shape index (κ3) is 6.47. The number of ether oxygens (including phenoxy) is 1. The Morgan fingerprint density at radius 1 is 1.14 bits per heavy atom. The molecular weight excluding hydrogens is 450 g/mol. The molecule has 2 heterocycles. The van der Waals surface area contributed by atoms with Crippen LogP contribution in [0.15, 0.2) is 48.5 Å². The van der Waals surface area contributed by atoms with Gasteiger partial charge in [-0.1, -0.05) is 63.1 Å². The molecule has 2 aliphatic rings. The summed E-state index contributed by atoms with van der Waals surface area (Å²) in [5.74, 6) is 1.39. The fourth-order valence-corrected chi connectivity index (χ4v) is 5.45. The molecule has 6 nitrogen and oxygen atoms in total. The molecule has 3 atom stereocenters. The van der Waals surface area contributed by atoms with Crippen molar-refractivity contribution in [1.82, 2.24) is 15.5 Å². The van der Waals surface area contributed by atoms with Gasteiger partial charge < -0.3 is 20.5 Å². The lowest BCUT2D eigenvalue weighted by atomic mass is 9.85. The molecule has 0 saturated carbocycles. The van der Waals surface area contributed by atoms with Gasteiger partial charge in [0.25, 0.3) is 0 Å². The molecule has 3 unspecified atom stereocenters. The SMILES string of the molecule is CCC(CC)CNC1c2cc(CC(=O)NC3CCN(Cc4ccccc4)C3)ccc2OC(C)(C)C1O. The Hall–Kier alpha value is -2.41. The van der Waals surface area contributed by atoms with Crippen molar-refractivity contribution in [1.29, 1.82) is 0 Å². The molecule has 0 aliphatic carbocycles. The van der Waals surface area contributed by atoms with Crippen LogP contribution in [0, 0.1) is 5.92 Å². The van der Waals surface area contributed by atoms with E-state index < -0.39 is 11.7 Å². The van der Waals surface area contributed by atoms with E-state index in [4.69, 9.17) is 4.74 Å². The Kier molecular flexibility index (Phi) is 8.70. The molecule has 1 amide bonds. The topological polar surface area (TPSA) is 73.8 Å². The van der Waals surface area contributed by atoms with Crippen molar-refractivity contribution in [3.63, 3.8) is 0 Å². The fourth-order valence-electron chi connectivity index (χ4n) is 5.45. The molecule has 0 radical (unpaired) electrons. The number of benzene rings is 2. The Balaban J connectivity index is 1.38. The van der Waals surface area contributed by atoms with Crippen LogP contribution in [0.3, 0.4) is 0 Å². The first kappa shape index (κ1) is 26.6. The third-order valence-corrected chi connectivity index (χ3v) is 7.84. The zero-order valence-corrected chi connectivity index (χ0v) is 22.3. The maximum Gasteiger partial charge on any atom is 0.224 e. The standard InChI is InChI=1S/C30H43N3O3/c1-5-21(6-2)18-31-28-25-16-23(12-13-26(25)36-30(3,4)29(28)35)17-27(34)32-24-14-15-33(20-24)19-22-10-8-7-9-11-22/h7-13,16,21,24,28-29,31,35H,5-6,14-15,17-20H2,1-4H3,(H,32,34). The Labute approximate surface area is 216 Å². The van der Waals surface area contributed by atoms with E-state index in [0.29, 0.717) is 12.3 Å². The van der Waals surface area contributed by atoms with Crippen molar-refractivity contribution in [2.75, 3.05) is 19.6 Å². The number of rotatable bonds is 10. The summed E-state index contributed by atoms with van der Waals surface area (Å²) in [7, 11) is 0. The van der Waals surface area contributed by atoms with Crippen LogP contribution < -0.4 is 15.4 Å². The molecule has 2 aromatic rings. The largest absolute Gasteiger partial charge is 0.485 e. The lowest BCUT2D eigenvalue weighted by Crippen LogP contribution is -2.53. The van der Waals surface area contributed by atoms with E-state index in [-0.39, 0.29) is 18.0 Å². The number of aliphatic hydroxyl groups is 1. The average Bonchev–Trinajstić information content (AvgIpc) is 3.29. The predicted molar refractivity (Wildman–Crippen MR) is 144 cm³/mol. The number of nitrogens with one attached hydrogen (secondary N) is 2. The number of carbonyl (C=O) groups excluding carboxylic acids is 1. The average molecular weight is 494 g/mol. The van der Waals surface area contributed by atoms with E-state index in [1.54, 1.807) is 0 Å². The molecule has 3 N–H and O–H groups in total. The van der Waals surface area contributed by atoms with Gasteiger partial charge in [-0.15, -0.1) is 0 Å². The van der Waals surface area contributed by atoms with Crippen molar-refractivity contribution in [3.8, 4) is 5.75 Å². The van der Waals surface area contributed by atoms with Crippen molar-refractivity contribution >= 4 is 5.91 Å². The first-order valence-electron chi connectivity index (χ1n) is 13.6. The molecule has 6 heteroatoms. The van der Waals surface area contributed by atoms with Gasteiger partial charge >= 0.3 is 0 Å². The second-order valence-electron chi connectivity index (χ2n) is 11.0. The van der Waals surface area contributed by atoms with Crippen LogP contribution in [0.5, 0.6) is 5.75 Å². The van der Waals surface area contributed by atoms with Crippen LogP contribution in [0.2, 0.25) is 0 Å². The summed E-state index contributed by atoms with van der Waals surface area (Å²) in [6, 6.07) is 16.4. The van der Waals surface area contributed by atoms with Gasteiger partial charge in [0, 0.05) is 31.2 Å². The van der Waals surface area contributed by atoms with Crippen LogP contribution >= 0.6 is 0 Å². The molecule has 2 aromatic carbocycles. The summed E-state index contributed by atoms with van der Waals surface area (Å²) in [6.45, 7) is 11.9. The van der Waals surface area contributed by atoms with Gasteiger partial charge in [0.2, 0.25) is 5.91 Å². The molecule has 196 valence electrons. The summed E-state index contributed by atoms with van der Waals surface area (Å²) in [5, 5.41) is 18.0. The first-order chi connectivity index (χ1) is 17.3. The number of amides is 1. The molecule has 0 aromatic heterocycles. The van der Waals surface area contributed by atoms with Crippen LogP contribution in [-0.2, 0) is 17.8 Å². The Morgan fingerprint density at radius 3 is 2.61 bits per heavy atom. The van der Waals surface area contributed by atoms with Gasteiger partial charge in [-0.25, -0.2) is 0 Å².